The number of fused-ring (bicyclic) bond motifs is 2. The maximum atomic E-state index is 12.0. The second kappa shape index (κ2) is 11.0. The first kappa shape index (κ1) is 23.0. The van der Waals surface area contributed by atoms with Crippen LogP contribution in [0.3, 0.4) is 0 Å². The Kier molecular flexibility index (Phi) is 9.07. The van der Waals surface area contributed by atoms with Gasteiger partial charge in [-0.05, 0) is 52.1 Å². The van der Waals surface area contributed by atoms with E-state index in [0.717, 1.165) is 24.5 Å². The van der Waals surface area contributed by atoms with Crippen molar-refractivity contribution >= 4 is 35.8 Å². The lowest BCUT2D eigenvalue weighted by Gasteiger charge is -2.47. The van der Waals surface area contributed by atoms with Gasteiger partial charge in [-0.3, -0.25) is 9.79 Å². The summed E-state index contributed by atoms with van der Waals surface area (Å²) >= 11 is 0. The molecule has 158 valence electrons. The molecule has 0 spiro atoms. The van der Waals surface area contributed by atoms with Gasteiger partial charge in [-0.1, -0.05) is 6.42 Å². The molecule has 28 heavy (non-hydrogen) atoms. The first-order valence-electron chi connectivity index (χ1n) is 10.1. The summed E-state index contributed by atoms with van der Waals surface area (Å²) in [5.41, 5.74) is 0.859. The van der Waals surface area contributed by atoms with Crippen molar-refractivity contribution in [2.24, 2.45) is 4.99 Å². The highest BCUT2D eigenvalue weighted by Gasteiger charge is 2.36. The first-order valence-corrected chi connectivity index (χ1v) is 10.1. The number of halogens is 1. The van der Waals surface area contributed by atoms with Gasteiger partial charge in [0.25, 0.3) is 5.91 Å². The normalized spacial score (nSPS) is 25.0. The van der Waals surface area contributed by atoms with Gasteiger partial charge in [-0.2, -0.15) is 0 Å². The third-order valence-corrected chi connectivity index (χ3v) is 5.90. The summed E-state index contributed by atoms with van der Waals surface area (Å²) in [5, 5.41) is 9.85. The molecule has 1 amide bonds. The van der Waals surface area contributed by atoms with Gasteiger partial charge in [0.1, 0.15) is 0 Å². The van der Waals surface area contributed by atoms with Crippen LogP contribution in [-0.4, -0.2) is 62.1 Å². The van der Waals surface area contributed by atoms with E-state index in [1.165, 1.54) is 32.1 Å². The molecule has 2 saturated heterocycles. The second-order valence-corrected chi connectivity index (χ2v) is 7.76. The number of nitrogens with one attached hydrogen (secondary N) is 3. The van der Waals surface area contributed by atoms with Crippen molar-refractivity contribution in [3.8, 4) is 0 Å². The van der Waals surface area contributed by atoms with Crippen molar-refractivity contribution in [3.63, 3.8) is 0 Å². The minimum Gasteiger partial charge on any atom is -0.459 e. The molecule has 2 atom stereocenters. The number of piperidine rings is 2. The van der Waals surface area contributed by atoms with Crippen LogP contribution in [0.5, 0.6) is 0 Å². The zero-order valence-electron chi connectivity index (χ0n) is 17.2. The lowest BCUT2D eigenvalue weighted by molar-refractivity contribution is 0.0526. The van der Waals surface area contributed by atoms with Gasteiger partial charge in [-0.25, -0.2) is 0 Å². The Morgan fingerprint density at radius 2 is 1.93 bits per heavy atom. The predicted molar refractivity (Wildman–Crippen MR) is 123 cm³/mol. The number of aryl methyl sites for hydroxylation is 1. The predicted octanol–water partition coefficient (Wildman–Crippen LogP) is 2.51. The van der Waals surface area contributed by atoms with Crippen molar-refractivity contribution < 1.29 is 9.21 Å². The number of guanidine groups is 1. The van der Waals surface area contributed by atoms with Gasteiger partial charge in [0.15, 0.2) is 11.7 Å². The summed E-state index contributed by atoms with van der Waals surface area (Å²) in [6.07, 6.45) is 8.72. The minimum absolute atomic E-state index is 0. The molecular weight excluding hydrogens is 469 g/mol. The first-order chi connectivity index (χ1) is 13.1. The standard InChI is InChI=1S/C20H33N5O2.HI/c1-14-8-11-27-18(14)19(26)22-9-5-10-23-20(21-2)24-15-12-16-6-4-7-17(13-15)25(16)3;/h8,11,15-17H,4-7,9-10,12-13H2,1-3H3,(H,22,26)(H2,21,23,24);1H. The van der Waals surface area contributed by atoms with Crippen LogP contribution < -0.4 is 16.0 Å². The van der Waals surface area contributed by atoms with Crippen molar-refractivity contribution in [1.82, 2.24) is 20.9 Å². The minimum atomic E-state index is -0.155. The van der Waals surface area contributed by atoms with Crippen LogP contribution in [0.15, 0.2) is 21.7 Å². The number of carbonyl (C=O) groups excluding carboxylic acids is 1. The summed E-state index contributed by atoms with van der Waals surface area (Å²) < 4.78 is 5.20. The number of carbonyl (C=O) groups is 1. The third-order valence-electron chi connectivity index (χ3n) is 5.90. The number of hydrogen-bond donors (Lipinski definition) is 3. The molecule has 2 aliphatic heterocycles. The Hall–Kier alpha value is -1.29. The van der Waals surface area contributed by atoms with Gasteiger partial charge in [-0.15, -0.1) is 24.0 Å². The molecule has 3 heterocycles. The van der Waals surface area contributed by atoms with E-state index in [9.17, 15) is 4.79 Å². The highest BCUT2D eigenvalue weighted by molar-refractivity contribution is 14.0. The Balaban J connectivity index is 0.00000280. The monoisotopic (exact) mass is 503 g/mol. The van der Waals surface area contributed by atoms with Gasteiger partial charge >= 0.3 is 0 Å². The van der Waals surface area contributed by atoms with Crippen LogP contribution in [0.4, 0.5) is 0 Å². The molecule has 3 N–H and O–H groups in total. The number of nitrogens with zero attached hydrogens (tertiary/aromatic N) is 2. The fourth-order valence-corrected chi connectivity index (χ4v) is 4.30. The summed E-state index contributed by atoms with van der Waals surface area (Å²) in [4.78, 5) is 18.9. The Morgan fingerprint density at radius 1 is 1.25 bits per heavy atom. The van der Waals surface area contributed by atoms with E-state index < -0.39 is 0 Å². The van der Waals surface area contributed by atoms with E-state index >= 15 is 0 Å². The van der Waals surface area contributed by atoms with Gasteiger partial charge in [0, 0.05) is 43.8 Å². The Labute approximate surface area is 185 Å². The summed E-state index contributed by atoms with van der Waals surface area (Å²) in [6.45, 7) is 3.23. The molecule has 0 radical (unpaired) electrons. The lowest BCUT2D eigenvalue weighted by Crippen LogP contribution is -2.56. The maximum Gasteiger partial charge on any atom is 0.287 e. The quantitative estimate of drug-likeness (QED) is 0.241. The van der Waals surface area contributed by atoms with Gasteiger partial charge < -0.3 is 25.3 Å². The zero-order chi connectivity index (χ0) is 19.2. The topological polar surface area (TPSA) is 81.9 Å². The molecule has 0 saturated carbocycles. The average Bonchev–Trinajstić information content (AvgIpc) is 3.07. The summed E-state index contributed by atoms with van der Waals surface area (Å²) in [6, 6.07) is 3.69. The van der Waals surface area contributed by atoms with Crippen LogP contribution in [0.1, 0.15) is 54.6 Å². The molecule has 0 aromatic carbocycles. The summed E-state index contributed by atoms with van der Waals surface area (Å²) in [7, 11) is 4.09. The van der Waals surface area contributed by atoms with E-state index in [-0.39, 0.29) is 29.9 Å². The molecule has 8 heteroatoms. The molecule has 3 rings (SSSR count). The van der Waals surface area contributed by atoms with E-state index in [0.29, 0.717) is 30.4 Å². The van der Waals surface area contributed by atoms with E-state index in [1.54, 1.807) is 12.3 Å². The lowest BCUT2D eigenvalue weighted by atomic mass is 9.82. The van der Waals surface area contributed by atoms with Crippen molar-refractivity contribution in [3.05, 3.63) is 23.7 Å². The van der Waals surface area contributed by atoms with Crippen LogP contribution in [0.2, 0.25) is 0 Å². The smallest absolute Gasteiger partial charge is 0.287 e. The van der Waals surface area contributed by atoms with Crippen LogP contribution >= 0.6 is 24.0 Å². The molecule has 1 aromatic heterocycles. The van der Waals surface area contributed by atoms with Crippen molar-refractivity contribution in [2.45, 2.75) is 63.6 Å². The number of aliphatic imine (C=N–C) groups is 1. The van der Waals surface area contributed by atoms with Crippen molar-refractivity contribution in [2.75, 3.05) is 27.2 Å². The number of amides is 1. The van der Waals surface area contributed by atoms with Crippen molar-refractivity contribution in [1.29, 1.82) is 0 Å². The SMILES string of the molecule is CN=C(NCCCNC(=O)c1occc1C)NC1CC2CCCC(C1)N2C.I. The van der Waals surface area contributed by atoms with E-state index in [4.69, 9.17) is 4.42 Å². The average molecular weight is 503 g/mol. The van der Waals surface area contributed by atoms with Gasteiger partial charge in [0.05, 0.1) is 6.26 Å². The number of rotatable bonds is 6. The third kappa shape index (κ3) is 5.85. The van der Waals surface area contributed by atoms with E-state index in [1.807, 2.05) is 14.0 Å². The fraction of sp³-hybridized carbons (Fsp3) is 0.700. The Bertz CT molecular complexity index is 649. The molecule has 1 aromatic rings. The van der Waals surface area contributed by atoms with E-state index in [2.05, 4.69) is 32.9 Å². The van der Waals surface area contributed by atoms with Gasteiger partial charge in [0.2, 0.25) is 0 Å². The highest BCUT2D eigenvalue weighted by atomic mass is 127. The largest absolute Gasteiger partial charge is 0.459 e. The zero-order valence-corrected chi connectivity index (χ0v) is 19.5. The second-order valence-electron chi connectivity index (χ2n) is 7.76. The fourth-order valence-electron chi connectivity index (χ4n) is 4.30. The molecule has 2 bridgehead atoms. The summed E-state index contributed by atoms with van der Waals surface area (Å²) in [5.74, 6) is 1.10. The number of furan rings is 1. The molecule has 2 fully saturated rings. The molecule has 2 aliphatic rings. The van der Waals surface area contributed by atoms with Crippen LogP contribution in [-0.2, 0) is 0 Å². The molecule has 7 nitrogen and oxygen atoms in total. The number of hydrogen-bond acceptors (Lipinski definition) is 4. The highest BCUT2D eigenvalue weighted by Crippen LogP contribution is 2.32. The maximum absolute atomic E-state index is 12.0. The van der Waals surface area contributed by atoms with Crippen LogP contribution in [0.25, 0.3) is 0 Å². The molecule has 2 unspecified atom stereocenters. The Morgan fingerprint density at radius 3 is 2.54 bits per heavy atom. The van der Waals surface area contributed by atoms with Crippen LogP contribution in [0, 0.1) is 6.92 Å². The molecule has 0 aliphatic carbocycles. The molecular formula is C20H34IN5O2.